The topological polar surface area (TPSA) is 0 Å². The lowest BCUT2D eigenvalue weighted by atomic mass is 9.76. The van der Waals surface area contributed by atoms with E-state index in [1.165, 1.54) is 0 Å². The van der Waals surface area contributed by atoms with Crippen LogP contribution < -0.4 is 0 Å². The number of benzene rings is 4. The molecular weight excluding hydrogens is 288 g/mol. The van der Waals surface area contributed by atoms with Gasteiger partial charge in [0.05, 0.1) is 8.22 Å². The minimum absolute atomic E-state index is 0.186. The molecule has 0 saturated heterocycles. The molecule has 24 heavy (non-hydrogen) atoms. The first kappa shape index (κ1) is 7.63. The Morgan fingerprint density at radius 3 is 0.667 bits per heavy atom. The minimum Gasteiger partial charge on any atom is -0.0616 e. The summed E-state index contributed by atoms with van der Waals surface area (Å²) in [7, 11) is 0. The van der Waals surface area contributed by atoms with Gasteiger partial charge in [0.15, 0.2) is 0 Å². The van der Waals surface area contributed by atoms with Gasteiger partial charge in [0.1, 0.15) is 0 Å². The summed E-state index contributed by atoms with van der Waals surface area (Å²) in [4.78, 5) is 0. The molecule has 0 aliphatic heterocycles. The van der Waals surface area contributed by atoms with Crippen LogP contribution in [0.2, 0.25) is 0 Å². The molecule has 0 aliphatic rings. The highest BCUT2D eigenvalue weighted by molar-refractivity contribution is 6.56. The molecule has 0 unspecified atom stereocenters. The van der Waals surface area contributed by atoms with Gasteiger partial charge >= 0.3 is 0 Å². The molecule has 0 N–H and O–H groups in total. The molecule has 108 valence electrons. The zero-order valence-electron chi connectivity index (χ0n) is 18.5. The summed E-state index contributed by atoms with van der Waals surface area (Å²) in [5, 5.41) is 12.0. The Labute approximate surface area is 146 Å². The van der Waals surface area contributed by atoms with Crippen LogP contribution in [0.3, 0.4) is 0 Å². The van der Waals surface area contributed by atoms with Gasteiger partial charge in [-0.3, -0.25) is 0 Å². The summed E-state index contributed by atoms with van der Waals surface area (Å²) in [6, 6.07) is 11.6. The maximum atomic E-state index is 8.07. The number of hydrogen-bond acceptors (Lipinski definition) is 0. The molecule has 0 fully saturated rings. The SMILES string of the molecule is [2H]c1cc2c(cc1[2H])c1c2c2c3cc([2H])c([2H])cc3c2c2c3cc([2H])c([2H])cc3c12. The Hall–Kier alpha value is -3.12. The van der Waals surface area contributed by atoms with E-state index in [0.717, 1.165) is 64.6 Å². The standard InChI is InChI=1S/C24H12/c1-2-8-14-13(7-1)19-20(14)22-17-11-5-6-12-18(17)24(22)23-16-10-4-3-9-15(16)21(19)23/h1-12H/i1D,2D,3D,4D,5D,6D. The fourth-order valence-electron chi connectivity index (χ4n) is 4.57. The molecule has 7 aromatic carbocycles. The van der Waals surface area contributed by atoms with Crippen LogP contribution in [0.25, 0.3) is 64.6 Å². The third kappa shape index (κ3) is 0.995. The summed E-state index contributed by atoms with van der Waals surface area (Å²) in [6.07, 6.45) is 0. The van der Waals surface area contributed by atoms with Crippen molar-refractivity contribution in [3.05, 3.63) is 72.7 Å². The second-order valence-electron chi connectivity index (χ2n) is 6.46. The fraction of sp³-hybridized carbons (Fsp3) is 0. The molecule has 0 heterocycles. The van der Waals surface area contributed by atoms with Gasteiger partial charge in [0, 0.05) is 0 Å². The van der Waals surface area contributed by atoms with Crippen molar-refractivity contribution < 1.29 is 8.22 Å². The quantitative estimate of drug-likeness (QED) is 0.285. The maximum absolute atomic E-state index is 8.07. The Bertz CT molecular complexity index is 1470. The lowest BCUT2D eigenvalue weighted by Crippen LogP contribution is -1.97. The Kier molecular flexibility index (Phi) is 1.12. The zero-order valence-corrected chi connectivity index (χ0v) is 12.5. The lowest BCUT2D eigenvalue weighted by molar-refractivity contribution is 1.79. The average Bonchev–Trinajstić information content (AvgIpc) is 2.71. The van der Waals surface area contributed by atoms with Gasteiger partial charge in [0.25, 0.3) is 0 Å². The number of hydrogen-bond donors (Lipinski definition) is 0. The lowest BCUT2D eigenvalue weighted by Gasteiger charge is -2.26. The van der Waals surface area contributed by atoms with E-state index < -0.39 is 0 Å². The Morgan fingerprint density at radius 2 is 0.500 bits per heavy atom. The van der Waals surface area contributed by atoms with Crippen molar-refractivity contribution in [3.8, 4) is 0 Å². The van der Waals surface area contributed by atoms with Crippen molar-refractivity contribution in [2.24, 2.45) is 0 Å². The average molecular weight is 306 g/mol. The third-order valence-corrected chi connectivity index (χ3v) is 5.54. The van der Waals surface area contributed by atoms with E-state index in [9.17, 15) is 0 Å². The summed E-state index contributed by atoms with van der Waals surface area (Å²) in [5.74, 6) is 0. The van der Waals surface area contributed by atoms with E-state index in [1.807, 2.05) is 0 Å². The first-order valence-corrected chi connectivity index (χ1v) is 7.96. The van der Waals surface area contributed by atoms with Crippen LogP contribution in [0, 0.1) is 0 Å². The normalized spacial score (nSPS) is 16.5. The highest BCUT2D eigenvalue weighted by atomic mass is 14.3. The van der Waals surface area contributed by atoms with Crippen molar-refractivity contribution >= 4 is 64.6 Å². The summed E-state index contributed by atoms with van der Waals surface area (Å²) in [5.41, 5.74) is 0. The summed E-state index contributed by atoms with van der Waals surface area (Å²) >= 11 is 0. The summed E-state index contributed by atoms with van der Waals surface area (Å²) < 4.78 is 48.4. The Balaban J connectivity index is 1.82. The minimum atomic E-state index is 0.186. The van der Waals surface area contributed by atoms with E-state index in [0.29, 0.717) is 0 Å². The van der Waals surface area contributed by atoms with E-state index in [1.54, 1.807) is 36.4 Å². The van der Waals surface area contributed by atoms with E-state index in [-0.39, 0.29) is 36.3 Å². The van der Waals surface area contributed by atoms with Crippen LogP contribution in [-0.2, 0) is 0 Å². The van der Waals surface area contributed by atoms with Gasteiger partial charge in [-0.25, -0.2) is 0 Å². The molecule has 0 spiro atoms. The van der Waals surface area contributed by atoms with Crippen LogP contribution in [0.4, 0.5) is 0 Å². The first-order valence-electron chi connectivity index (χ1n) is 11.0. The van der Waals surface area contributed by atoms with Crippen molar-refractivity contribution in [2.45, 2.75) is 0 Å². The van der Waals surface area contributed by atoms with Crippen LogP contribution >= 0.6 is 0 Å². The zero-order chi connectivity index (χ0) is 20.6. The molecule has 0 aliphatic carbocycles. The molecule has 7 aromatic rings. The first-order chi connectivity index (χ1) is 14.4. The van der Waals surface area contributed by atoms with E-state index in [2.05, 4.69) is 0 Å². The second-order valence-corrected chi connectivity index (χ2v) is 6.46. The largest absolute Gasteiger partial charge is 0.0623 e. The van der Waals surface area contributed by atoms with Crippen LogP contribution in [0.1, 0.15) is 8.22 Å². The molecule has 0 aromatic heterocycles. The van der Waals surface area contributed by atoms with Gasteiger partial charge in [-0.15, -0.1) is 0 Å². The highest BCUT2D eigenvalue weighted by Gasteiger charge is 2.26. The summed E-state index contributed by atoms with van der Waals surface area (Å²) in [6.45, 7) is 0. The van der Waals surface area contributed by atoms with Crippen LogP contribution in [-0.4, -0.2) is 0 Å². The van der Waals surface area contributed by atoms with Crippen LogP contribution in [0.15, 0.2) is 72.7 Å². The van der Waals surface area contributed by atoms with Crippen LogP contribution in [0.5, 0.6) is 0 Å². The maximum Gasteiger partial charge on any atom is 0.0623 e. The van der Waals surface area contributed by atoms with Gasteiger partial charge < -0.3 is 0 Å². The van der Waals surface area contributed by atoms with Gasteiger partial charge in [-0.1, -0.05) is 72.7 Å². The van der Waals surface area contributed by atoms with E-state index >= 15 is 0 Å². The fourth-order valence-corrected chi connectivity index (χ4v) is 4.57. The van der Waals surface area contributed by atoms with Gasteiger partial charge in [-0.05, 0) is 64.6 Å². The molecule has 0 amide bonds. The molecule has 7 rings (SSSR count). The second kappa shape index (κ2) is 3.52. The number of fused-ring (bicyclic) bond motifs is 15. The molecular formula is C24H12. The number of rotatable bonds is 0. The molecule has 0 bridgehead atoms. The third-order valence-electron chi connectivity index (χ3n) is 5.54. The monoisotopic (exact) mass is 306 g/mol. The van der Waals surface area contributed by atoms with Crippen molar-refractivity contribution in [1.82, 2.24) is 0 Å². The molecule has 0 nitrogen and oxygen atoms in total. The predicted molar refractivity (Wildman–Crippen MR) is 105 cm³/mol. The van der Waals surface area contributed by atoms with E-state index in [4.69, 9.17) is 8.22 Å². The predicted octanol–water partition coefficient (Wildman–Crippen LogP) is 6.92. The van der Waals surface area contributed by atoms with Crippen molar-refractivity contribution in [3.63, 3.8) is 0 Å². The highest BCUT2D eigenvalue weighted by Crippen LogP contribution is 2.55. The molecule has 0 radical (unpaired) electrons. The van der Waals surface area contributed by atoms with Crippen molar-refractivity contribution in [2.75, 3.05) is 0 Å². The van der Waals surface area contributed by atoms with Crippen molar-refractivity contribution in [1.29, 1.82) is 0 Å². The molecule has 0 atom stereocenters. The van der Waals surface area contributed by atoms with Gasteiger partial charge in [-0.2, -0.15) is 0 Å². The smallest absolute Gasteiger partial charge is 0.0616 e. The Morgan fingerprint density at radius 1 is 0.333 bits per heavy atom. The molecule has 0 heteroatoms. The van der Waals surface area contributed by atoms with Gasteiger partial charge in [0.2, 0.25) is 0 Å². The molecule has 0 saturated carbocycles.